The number of hydrogen-bond acceptors (Lipinski definition) is 4. The maximum Gasteiger partial charge on any atom is 0.254 e. The fraction of sp³-hybridized carbons (Fsp3) is 0.105. The largest absolute Gasteiger partial charge is 0.337 e. The van der Waals surface area contributed by atoms with Crippen molar-refractivity contribution in [1.29, 1.82) is 0 Å². The van der Waals surface area contributed by atoms with Crippen LogP contribution in [0.3, 0.4) is 0 Å². The van der Waals surface area contributed by atoms with Crippen molar-refractivity contribution in [3.05, 3.63) is 82.7 Å². The van der Waals surface area contributed by atoms with E-state index in [1.54, 1.807) is 59.5 Å². The van der Waals surface area contributed by atoms with Gasteiger partial charge in [0, 0.05) is 27.7 Å². The Labute approximate surface area is 160 Å². The van der Waals surface area contributed by atoms with Crippen LogP contribution in [0.15, 0.2) is 65.7 Å². The zero-order valence-corrected chi connectivity index (χ0v) is 15.2. The van der Waals surface area contributed by atoms with Crippen molar-refractivity contribution in [1.82, 2.24) is 15.0 Å². The molecule has 0 aliphatic heterocycles. The highest BCUT2D eigenvalue weighted by Crippen LogP contribution is 2.20. The minimum Gasteiger partial charge on any atom is -0.337 e. The molecule has 0 atom stereocenters. The number of carbonyl (C=O) groups excluding carboxylic acids is 1. The predicted octanol–water partition coefficient (Wildman–Crippen LogP) is 4.87. The molecule has 0 saturated carbocycles. The number of carbonyl (C=O) groups is 1. The maximum atomic E-state index is 12.7. The monoisotopic (exact) mass is 387 g/mol. The fourth-order valence-electron chi connectivity index (χ4n) is 2.38. The summed E-state index contributed by atoms with van der Waals surface area (Å²) in [6.45, 7) is 4.20. The Morgan fingerprint density at radius 3 is 2.62 bits per heavy atom. The van der Waals surface area contributed by atoms with E-state index in [0.717, 1.165) is 5.56 Å². The molecule has 3 rings (SSSR count). The van der Waals surface area contributed by atoms with Crippen LogP contribution in [-0.2, 0) is 6.54 Å². The molecule has 26 heavy (non-hydrogen) atoms. The fourth-order valence-corrected chi connectivity index (χ4v) is 2.69. The second kappa shape index (κ2) is 8.17. The number of nitrogens with zero attached hydrogens (tertiary/aromatic N) is 3. The van der Waals surface area contributed by atoms with Crippen molar-refractivity contribution in [2.24, 2.45) is 0 Å². The van der Waals surface area contributed by atoms with Gasteiger partial charge in [0.2, 0.25) is 11.7 Å². The Morgan fingerprint density at radius 1 is 1.15 bits per heavy atom. The summed E-state index contributed by atoms with van der Waals surface area (Å²) in [5.41, 5.74) is 1.26. The first-order valence-electron chi connectivity index (χ1n) is 7.81. The molecule has 0 aliphatic carbocycles. The lowest BCUT2D eigenvalue weighted by Crippen LogP contribution is -2.30. The number of aromatic nitrogens is 2. The lowest BCUT2D eigenvalue weighted by molar-refractivity contribution is 0.0745. The third-order valence-corrected chi connectivity index (χ3v) is 4.09. The molecule has 3 aromatic rings. The van der Waals surface area contributed by atoms with Gasteiger partial charge in [-0.15, -0.1) is 6.58 Å². The van der Waals surface area contributed by atoms with Crippen molar-refractivity contribution >= 4 is 29.1 Å². The molecule has 132 valence electrons. The van der Waals surface area contributed by atoms with Crippen LogP contribution < -0.4 is 0 Å². The second-order valence-electron chi connectivity index (χ2n) is 5.50. The lowest BCUT2D eigenvalue weighted by Gasteiger charge is -2.19. The molecule has 0 aliphatic rings. The summed E-state index contributed by atoms with van der Waals surface area (Å²) in [5, 5.41) is 5.09. The quantitative estimate of drug-likeness (QED) is 0.566. The summed E-state index contributed by atoms with van der Waals surface area (Å²) < 4.78 is 5.29. The Balaban J connectivity index is 1.79. The third kappa shape index (κ3) is 4.31. The summed E-state index contributed by atoms with van der Waals surface area (Å²) in [6, 6.07) is 13.9. The summed E-state index contributed by atoms with van der Waals surface area (Å²) in [4.78, 5) is 18.6. The number of halogens is 2. The van der Waals surface area contributed by atoms with Gasteiger partial charge in [-0.3, -0.25) is 4.79 Å². The molecule has 1 amide bonds. The lowest BCUT2D eigenvalue weighted by atomic mass is 10.2. The van der Waals surface area contributed by atoms with Gasteiger partial charge in [0.15, 0.2) is 0 Å². The summed E-state index contributed by atoms with van der Waals surface area (Å²) in [6.07, 6.45) is 1.64. The van der Waals surface area contributed by atoms with Crippen molar-refractivity contribution in [2.45, 2.75) is 6.54 Å². The molecule has 0 radical (unpaired) electrons. The molecule has 0 spiro atoms. The van der Waals surface area contributed by atoms with Crippen molar-refractivity contribution in [3.63, 3.8) is 0 Å². The Bertz CT molecular complexity index is 923. The van der Waals surface area contributed by atoms with E-state index in [1.165, 1.54) is 0 Å². The van der Waals surface area contributed by atoms with E-state index in [0.29, 0.717) is 33.9 Å². The zero-order chi connectivity index (χ0) is 18.5. The molecular weight excluding hydrogens is 373 g/mol. The molecule has 0 unspecified atom stereocenters. The topological polar surface area (TPSA) is 59.2 Å². The van der Waals surface area contributed by atoms with Gasteiger partial charge in [0.05, 0.1) is 0 Å². The van der Waals surface area contributed by atoms with Crippen LogP contribution in [0.25, 0.3) is 11.4 Å². The molecular formula is C19H15Cl2N3O2. The van der Waals surface area contributed by atoms with E-state index in [1.807, 2.05) is 0 Å². The summed E-state index contributed by atoms with van der Waals surface area (Å²) >= 11 is 11.9. The number of hydrogen-bond donors (Lipinski definition) is 0. The van der Waals surface area contributed by atoms with Crippen LogP contribution >= 0.6 is 23.2 Å². The third-order valence-electron chi connectivity index (χ3n) is 3.60. The van der Waals surface area contributed by atoms with Crippen LogP contribution in [0, 0.1) is 0 Å². The van der Waals surface area contributed by atoms with Gasteiger partial charge < -0.3 is 9.42 Å². The van der Waals surface area contributed by atoms with Crippen molar-refractivity contribution < 1.29 is 9.32 Å². The van der Waals surface area contributed by atoms with Crippen LogP contribution in [0.4, 0.5) is 0 Å². The van der Waals surface area contributed by atoms with E-state index < -0.39 is 0 Å². The zero-order valence-electron chi connectivity index (χ0n) is 13.7. The SMILES string of the molecule is C=CCN(Cc1nc(-c2ccc(Cl)cc2)no1)C(=O)c1cccc(Cl)c1. The molecule has 0 N–H and O–H groups in total. The van der Waals surface area contributed by atoms with Crippen molar-refractivity contribution in [3.8, 4) is 11.4 Å². The van der Waals surface area contributed by atoms with Gasteiger partial charge in [-0.2, -0.15) is 4.98 Å². The highest BCUT2D eigenvalue weighted by molar-refractivity contribution is 6.31. The van der Waals surface area contributed by atoms with Gasteiger partial charge in [-0.05, 0) is 42.5 Å². The number of amides is 1. The molecule has 2 aromatic carbocycles. The van der Waals surface area contributed by atoms with Gasteiger partial charge in [0.25, 0.3) is 5.91 Å². The van der Waals surface area contributed by atoms with Crippen LogP contribution in [0.1, 0.15) is 16.2 Å². The molecule has 1 aromatic heterocycles. The van der Waals surface area contributed by atoms with Gasteiger partial charge in [-0.1, -0.05) is 40.5 Å². The van der Waals surface area contributed by atoms with Crippen LogP contribution in [-0.4, -0.2) is 27.5 Å². The number of rotatable bonds is 6. The van der Waals surface area contributed by atoms with E-state index >= 15 is 0 Å². The summed E-state index contributed by atoms with van der Waals surface area (Å²) in [5.74, 6) is 0.566. The van der Waals surface area contributed by atoms with Crippen LogP contribution in [0.5, 0.6) is 0 Å². The molecule has 0 saturated heterocycles. The first kappa shape index (κ1) is 18.2. The minimum atomic E-state index is -0.196. The molecule has 0 bridgehead atoms. The number of benzene rings is 2. The van der Waals surface area contributed by atoms with E-state index in [-0.39, 0.29) is 12.5 Å². The minimum absolute atomic E-state index is 0.165. The average molecular weight is 388 g/mol. The molecule has 0 fully saturated rings. The predicted molar refractivity (Wildman–Crippen MR) is 101 cm³/mol. The second-order valence-corrected chi connectivity index (χ2v) is 6.38. The van der Waals surface area contributed by atoms with E-state index in [2.05, 4.69) is 16.7 Å². The molecule has 7 heteroatoms. The van der Waals surface area contributed by atoms with E-state index in [4.69, 9.17) is 27.7 Å². The van der Waals surface area contributed by atoms with E-state index in [9.17, 15) is 4.79 Å². The average Bonchev–Trinajstić information content (AvgIpc) is 3.10. The normalized spacial score (nSPS) is 10.5. The van der Waals surface area contributed by atoms with Crippen molar-refractivity contribution in [2.75, 3.05) is 6.54 Å². The summed E-state index contributed by atoms with van der Waals surface area (Å²) in [7, 11) is 0. The maximum absolute atomic E-state index is 12.7. The van der Waals surface area contributed by atoms with Gasteiger partial charge >= 0.3 is 0 Å². The standard InChI is InChI=1S/C19H15Cl2N3O2/c1-2-10-24(19(25)14-4-3-5-16(21)11-14)12-17-22-18(23-26-17)13-6-8-15(20)9-7-13/h2-9,11H,1,10,12H2. The first-order chi connectivity index (χ1) is 12.6. The Hall–Kier alpha value is -2.63. The molecule has 5 nitrogen and oxygen atoms in total. The van der Waals surface area contributed by atoms with Gasteiger partial charge in [0.1, 0.15) is 6.54 Å². The highest BCUT2D eigenvalue weighted by Gasteiger charge is 2.19. The first-order valence-corrected chi connectivity index (χ1v) is 8.56. The Kier molecular flexibility index (Phi) is 5.71. The van der Waals surface area contributed by atoms with Crippen LogP contribution in [0.2, 0.25) is 10.0 Å². The highest BCUT2D eigenvalue weighted by atomic mass is 35.5. The molecule has 1 heterocycles. The smallest absolute Gasteiger partial charge is 0.254 e. The Morgan fingerprint density at radius 2 is 1.92 bits per heavy atom. The van der Waals surface area contributed by atoms with Gasteiger partial charge in [-0.25, -0.2) is 0 Å².